The van der Waals surface area contributed by atoms with Crippen molar-refractivity contribution < 1.29 is 4.79 Å². The maximum absolute atomic E-state index is 11.9. The zero-order valence-electron chi connectivity index (χ0n) is 16.9. The summed E-state index contributed by atoms with van der Waals surface area (Å²) in [5, 5.41) is 6.85. The first-order valence-corrected chi connectivity index (χ1v) is 9.76. The first-order valence-electron chi connectivity index (χ1n) is 9.76. The smallest absolute Gasteiger partial charge is 0.222 e. The van der Waals surface area contributed by atoms with E-state index in [1.165, 1.54) is 11.1 Å². The number of benzene rings is 1. The van der Waals surface area contributed by atoms with Crippen LogP contribution in [0.2, 0.25) is 0 Å². The average molecular weight is 359 g/mol. The van der Waals surface area contributed by atoms with Gasteiger partial charge in [-0.1, -0.05) is 45.0 Å². The third kappa shape index (κ3) is 5.23. The maximum Gasteiger partial charge on any atom is 0.222 e. The first kappa shape index (κ1) is 20.3. The van der Waals surface area contributed by atoms with Crippen LogP contribution in [0.3, 0.4) is 0 Å². The molecule has 0 aromatic heterocycles. The van der Waals surface area contributed by atoms with Crippen molar-refractivity contribution in [1.82, 2.24) is 15.5 Å². The molecule has 1 aliphatic heterocycles. The lowest BCUT2D eigenvalue weighted by atomic mass is 9.82. The Morgan fingerprint density at radius 2 is 2.04 bits per heavy atom. The van der Waals surface area contributed by atoms with E-state index in [0.29, 0.717) is 13.0 Å². The van der Waals surface area contributed by atoms with Gasteiger partial charge in [0, 0.05) is 37.5 Å². The predicted molar refractivity (Wildman–Crippen MR) is 109 cm³/mol. The second-order valence-corrected chi connectivity index (χ2v) is 7.72. The lowest BCUT2D eigenvalue weighted by molar-refractivity contribution is -0.129. The molecule has 5 nitrogen and oxygen atoms in total. The number of nitrogens with one attached hydrogen (secondary N) is 2. The van der Waals surface area contributed by atoms with Gasteiger partial charge in [0.15, 0.2) is 5.96 Å². The molecule has 0 spiro atoms. The highest BCUT2D eigenvalue weighted by molar-refractivity contribution is 5.80. The van der Waals surface area contributed by atoms with Gasteiger partial charge in [-0.25, -0.2) is 0 Å². The van der Waals surface area contributed by atoms with Crippen molar-refractivity contribution in [3.05, 3.63) is 35.4 Å². The summed E-state index contributed by atoms with van der Waals surface area (Å²) >= 11 is 0. The molecule has 144 valence electrons. The van der Waals surface area contributed by atoms with E-state index >= 15 is 0 Å². The van der Waals surface area contributed by atoms with Gasteiger partial charge < -0.3 is 15.5 Å². The van der Waals surface area contributed by atoms with Crippen molar-refractivity contribution in [1.29, 1.82) is 0 Å². The second kappa shape index (κ2) is 9.06. The fourth-order valence-corrected chi connectivity index (χ4v) is 3.54. The quantitative estimate of drug-likeness (QED) is 0.607. The highest BCUT2D eigenvalue weighted by Crippen LogP contribution is 2.26. The normalized spacial score (nSPS) is 18.1. The zero-order valence-corrected chi connectivity index (χ0v) is 16.9. The number of carbonyl (C=O) groups excluding carboxylic acids is 1. The van der Waals surface area contributed by atoms with Gasteiger partial charge in [0.2, 0.25) is 5.91 Å². The predicted octanol–water partition coefficient (Wildman–Crippen LogP) is 2.84. The van der Waals surface area contributed by atoms with Crippen LogP contribution >= 0.6 is 0 Å². The lowest BCUT2D eigenvalue weighted by Crippen LogP contribution is -2.45. The van der Waals surface area contributed by atoms with Crippen LogP contribution in [0.15, 0.2) is 29.3 Å². The maximum atomic E-state index is 11.9. The van der Waals surface area contributed by atoms with Gasteiger partial charge in [0.1, 0.15) is 0 Å². The first-order chi connectivity index (χ1) is 12.4. The molecule has 0 bridgehead atoms. The van der Waals surface area contributed by atoms with Crippen molar-refractivity contribution in [3.8, 4) is 0 Å². The number of nitrogens with zero attached hydrogens (tertiary/aromatic N) is 2. The monoisotopic (exact) mass is 358 g/mol. The van der Waals surface area contributed by atoms with E-state index in [9.17, 15) is 4.79 Å². The van der Waals surface area contributed by atoms with E-state index in [4.69, 9.17) is 4.99 Å². The molecule has 1 unspecified atom stereocenters. The number of likely N-dealkylation sites (tertiary alicyclic amines) is 1. The Morgan fingerprint density at radius 3 is 2.69 bits per heavy atom. The van der Waals surface area contributed by atoms with E-state index in [1.807, 2.05) is 11.8 Å². The van der Waals surface area contributed by atoms with Crippen molar-refractivity contribution in [3.63, 3.8) is 0 Å². The SMILES string of the molecule is CCNC(=NCC(C)(C)c1ccccc1C)NC1CCN(C(=O)CC)C1. The highest BCUT2D eigenvalue weighted by Gasteiger charge is 2.26. The van der Waals surface area contributed by atoms with Gasteiger partial charge in [-0.05, 0) is 31.4 Å². The van der Waals surface area contributed by atoms with Crippen LogP contribution in [0.25, 0.3) is 0 Å². The summed E-state index contributed by atoms with van der Waals surface area (Å²) in [6.07, 6.45) is 1.54. The number of guanidine groups is 1. The number of aryl methyl sites for hydroxylation is 1. The van der Waals surface area contributed by atoms with Crippen molar-refractivity contribution in [2.45, 2.75) is 58.9 Å². The molecule has 0 radical (unpaired) electrons. The fraction of sp³-hybridized carbons (Fsp3) is 0.619. The lowest BCUT2D eigenvalue weighted by Gasteiger charge is -2.26. The topological polar surface area (TPSA) is 56.7 Å². The molecular formula is C21H34N4O. The third-order valence-electron chi connectivity index (χ3n) is 5.04. The van der Waals surface area contributed by atoms with E-state index in [0.717, 1.165) is 32.0 Å². The summed E-state index contributed by atoms with van der Waals surface area (Å²) in [5.74, 6) is 1.07. The summed E-state index contributed by atoms with van der Waals surface area (Å²) in [6.45, 7) is 13.7. The number of aliphatic imine (C=N–C) groups is 1. The van der Waals surface area contributed by atoms with Crippen LogP contribution in [0.5, 0.6) is 0 Å². The molecule has 1 amide bonds. The molecule has 1 aliphatic rings. The molecule has 1 aromatic carbocycles. The molecule has 1 saturated heterocycles. The van der Waals surface area contributed by atoms with Gasteiger partial charge in [-0.2, -0.15) is 0 Å². The number of carbonyl (C=O) groups is 1. The number of hydrogen-bond donors (Lipinski definition) is 2. The molecule has 0 saturated carbocycles. The molecule has 1 atom stereocenters. The Hall–Kier alpha value is -2.04. The Kier molecular flexibility index (Phi) is 7.06. The minimum atomic E-state index is -0.0341. The number of rotatable bonds is 6. The Bertz CT molecular complexity index is 639. The van der Waals surface area contributed by atoms with Crippen LogP contribution in [0.4, 0.5) is 0 Å². The summed E-state index contributed by atoms with van der Waals surface area (Å²) < 4.78 is 0. The van der Waals surface area contributed by atoms with E-state index in [1.54, 1.807) is 0 Å². The van der Waals surface area contributed by atoms with Crippen LogP contribution < -0.4 is 10.6 Å². The van der Waals surface area contributed by atoms with E-state index in [2.05, 4.69) is 62.6 Å². The van der Waals surface area contributed by atoms with Crippen molar-refractivity contribution in [2.75, 3.05) is 26.2 Å². The van der Waals surface area contributed by atoms with Crippen LogP contribution in [-0.4, -0.2) is 49.0 Å². The van der Waals surface area contributed by atoms with Crippen molar-refractivity contribution >= 4 is 11.9 Å². The molecule has 1 aromatic rings. The summed E-state index contributed by atoms with van der Waals surface area (Å²) in [6, 6.07) is 8.78. The third-order valence-corrected chi connectivity index (χ3v) is 5.04. The molecule has 5 heteroatoms. The Balaban J connectivity index is 2.02. The largest absolute Gasteiger partial charge is 0.357 e. The number of amides is 1. The molecule has 26 heavy (non-hydrogen) atoms. The second-order valence-electron chi connectivity index (χ2n) is 7.72. The van der Waals surface area contributed by atoms with E-state index < -0.39 is 0 Å². The molecular weight excluding hydrogens is 324 g/mol. The summed E-state index contributed by atoms with van der Waals surface area (Å²) in [7, 11) is 0. The minimum Gasteiger partial charge on any atom is -0.357 e. The Morgan fingerprint density at radius 1 is 1.31 bits per heavy atom. The van der Waals surface area contributed by atoms with Crippen LogP contribution in [0.1, 0.15) is 51.7 Å². The van der Waals surface area contributed by atoms with Gasteiger partial charge in [0.05, 0.1) is 6.54 Å². The zero-order chi connectivity index (χ0) is 19.2. The molecule has 0 aliphatic carbocycles. The molecule has 2 N–H and O–H groups in total. The molecule has 2 rings (SSSR count). The Labute approximate surface area is 158 Å². The van der Waals surface area contributed by atoms with Gasteiger partial charge in [-0.3, -0.25) is 9.79 Å². The van der Waals surface area contributed by atoms with Gasteiger partial charge >= 0.3 is 0 Å². The average Bonchev–Trinajstić information content (AvgIpc) is 3.08. The van der Waals surface area contributed by atoms with Gasteiger partial charge in [0.25, 0.3) is 0 Å². The summed E-state index contributed by atoms with van der Waals surface area (Å²) in [4.78, 5) is 18.7. The fourth-order valence-electron chi connectivity index (χ4n) is 3.54. The minimum absolute atomic E-state index is 0.0341. The van der Waals surface area contributed by atoms with Crippen LogP contribution in [0, 0.1) is 6.92 Å². The number of hydrogen-bond acceptors (Lipinski definition) is 2. The van der Waals surface area contributed by atoms with Crippen molar-refractivity contribution in [2.24, 2.45) is 4.99 Å². The van der Waals surface area contributed by atoms with Gasteiger partial charge in [-0.15, -0.1) is 0 Å². The highest BCUT2D eigenvalue weighted by atomic mass is 16.2. The molecule has 1 fully saturated rings. The molecule has 1 heterocycles. The standard InChI is InChI=1S/C21H34N4O/c1-6-19(26)25-13-12-17(14-25)24-20(22-7-2)23-15-21(4,5)18-11-9-8-10-16(18)3/h8-11,17H,6-7,12-15H2,1-5H3,(H2,22,23,24). The summed E-state index contributed by atoms with van der Waals surface area (Å²) in [5.41, 5.74) is 2.60. The van der Waals surface area contributed by atoms with E-state index in [-0.39, 0.29) is 17.4 Å². The van der Waals surface area contributed by atoms with Crippen LogP contribution in [-0.2, 0) is 10.2 Å².